The van der Waals surface area contributed by atoms with Crippen LogP contribution in [-0.2, 0) is 11.3 Å². The molecule has 0 saturated heterocycles. The Morgan fingerprint density at radius 1 is 1.28 bits per heavy atom. The van der Waals surface area contributed by atoms with Crippen LogP contribution in [0.1, 0.15) is 32.6 Å². The number of amides is 2. The summed E-state index contributed by atoms with van der Waals surface area (Å²) in [5.41, 5.74) is 1.60. The van der Waals surface area contributed by atoms with Gasteiger partial charge in [0.25, 0.3) is 0 Å². The van der Waals surface area contributed by atoms with Crippen molar-refractivity contribution in [3.63, 3.8) is 0 Å². The van der Waals surface area contributed by atoms with E-state index in [1.165, 1.54) is 0 Å². The second-order valence-electron chi connectivity index (χ2n) is 5.76. The van der Waals surface area contributed by atoms with Gasteiger partial charge in [-0.05, 0) is 25.0 Å². The van der Waals surface area contributed by atoms with Gasteiger partial charge in [0.2, 0.25) is 0 Å². The van der Waals surface area contributed by atoms with Crippen molar-refractivity contribution in [2.45, 2.75) is 39.2 Å². The van der Waals surface area contributed by atoms with Gasteiger partial charge in [-0.25, -0.2) is 9.78 Å². The van der Waals surface area contributed by atoms with Gasteiger partial charge in [-0.2, -0.15) is 0 Å². The van der Waals surface area contributed by atoms with Gasteiger partial charge < -0.3 is 20.3 Å². The molecule has 0 unspecified atom stereocenters. The summed E-state index contributed by atoms with van der Waals surface area (Å²) in [4.78, 5) is 26.7. The Balaban J connectivity index is 1.96. The number of hydrogen-bond acceptors (Lipinski definition) is 3. The molecule has 0 radical (unpaired) electrons. The number of rotatable bonds is 9. The minimum absolute atomic E-state index is 0.0379. The third-order valence-corrected chi connectivity index (χ3v) is 3.70. The predicted molar refractivity (Wildman–Crippen MR) is 96.5 cm³/mol. The van der Waals surface area contributed by atoms with Crippen LogP contribution in [0.4, 0.5) is 10.5 Å². The van der Waals surface area contributed by atoms with Crippen LogP contribution in [0.15, 0.2) is 36.7 Å². The zero-order chi connectivity index (χ0) is 18.1. The SMILES string of the molecule is CCCCn1ccnc1-c1cccc(NC(=O)NCCCC(=O)O)c1. The van der Waals surface area contributed by atoms with Crippen molar-refractivity contribution < 1.29 is 14.7 Å². The number of aryl methyl sites for hydroxylation is 1. The van der Waals surface area contributed by atoms with Crippen LogP contribution in [0.3, 0.4) is 0 Å². The minimum atomic E-state index is -0.867. The van der Waals surface area contributed by atoms with E-state index in [2.05, 4.69) is 27.1 Å². The van der Waals surface area contributed by atoms with E-state index in [0.717, 1.165) is 30.8 Å². The summed E-state index contributed by atoms with van der Waals surface area (Å²) < 4.78 is 2.11. The molecule has 7 nitrogen and oxygen atoms in total. The molecular weight excluding hydrogens is 320 g/mol. The van der Waals surface area contributed by atoms with Crippen LogP contribution in [0.25, 0.3) is 11.4 Å². The van der Waals surface area contributed by atoms with Gasteiger partial charge >= 0.3 is 12.0 Å². The molecule has 7 heteroatoms. The highest BCUT2D eigenvalue weighted by molar-refractivity contribution is 5.89. The third kappa shape index (κ3) is 5.95. The van der Waals surface area contributed by atoms with Gasteiger partial charge in [0.1, 0.15) is 5.82 Å². The first-order chi connectivity index (χ1) is 12.1. The molecule has 2 amide bonds. The van der Waals surface area contributed by atoms with E-state index in [1.54, 1.807) is 12.3 Å². The van der Waals surface area contributed by atoms with Crippen molar-refractivity contribution in [1.82, 2.24) is 14.9 Å². The van der Waals surface area contributed by atoms with Gasteiger partial charge in [-0.15, -0.1) is 0 Å². The normalized spacial score (nSPS) is 10.4. The van der Waals surface area contributed by atoms with Gasteiger partial charge in [0, 0.05) is 43.2 Å². The monoisotopic (exact) mass is 344 g/mol. The van der Waals surface area contributed by atoms with E-state index in [0.29, 0.717) is 18.7 Å². The molecule has 0 aliphatic rings. The number of nitrogens with zero attached hydrogens (tertiary/aromatic N) is 2. The van der Waals surface area contributed by atoms with Crippen molar-refractivity contribution >= 4 is 17.7 Å². The first kappa shape index (κ1) is 18.5. The average Bonchev–Trinajstić information content (AvgIpc) is 3.05. The van der Waals surface area contributed by atoms with E-state index in [-0.39, 0.29) is 12.5 Å². The molecule has 0 atom stereocenters. The molecule has 0 aliphatic carbocycles. The number of benzene rings is 1. The van der Waals surface area contributed by atoms with Crippen LogP contribution in [0.5, 0.6) is 0 Å². The molecule has 0 saturated carbocycles. The van der Waals surface area contributed by atoms with Crippen molar-refractivity contribution in [2.24, 2.45) is 0 Å². The van der Waals surface area contributed by atoms with E-state index in [1.807, 2.05) is 24.4 Å². The maximum atomic E-state index is 11.9. The number of nitrogens with one attached hydrogen (secondary N) is 2. The largest absolute Gasteiger partial charge is 0.481 e. The van der Waals surface area contributed by atoms with E-state index < -0.39 is 5.97 Å². The van der Waals surface area contributed by atoms with E-state index in [4.69, 9.17) is 5.11 Å². The molecule has 1 heterocycles. The topological polar surface area (TPSA) is 96.3 Å². The van der Waals surface area contributed by atoms with Crippen LogP contribution < -0.4 is 10.6 Å². The summed E-state index contributed by atoms with van der Waals surface area (Å²) in [7, 11) is 0. The maximum Gasteiger partial charge on any atom is 0.319 e. The van der Waals surface area contributed by atoms with Crippen LogP contribution in [0, 0.1) is 0 Å². The second kappa shape index (κ2) is 9.46. The van der Waals surface area contributed by atoms with Gasteiger partial charge in [0.15, 0.2) is 0 Å². The zero-order valence-electron chi connectivity index (χ0n) is 14.4. The number of aromatic nitrogens is 2. The second-order valence-corrected chi connectivity index (χ2v) is 5.76. The summed E-state index contributed by atoms with van der Waals surface area (Å²) in [6.45, 7) is 3.38. The van der Waals surface area contributed by atoms with Crippen molar-refractivity contribution in [3.05, 3.63) is 36.7 Å². The fraction of sp³-hybridized carbons (Fsp3) is 0.389. The molecule has 1 aromatic carbocycles. The molecule has 0 bridgehead atoms. The fourth-order valence-corrected chi connectivity index (χ4v) is 2.43. The molecular formula is C18H24N4O3. The lowest BCUT2D eigenvalue weighted by molar-refractivity contribution is -0.137. The Kier molecular flexibility index (Phi) is 7.00. The van der Waals surface area contributed by atoms with Crippen LogP contribution >= 0.6 is 0 Å². The summed E-state index contributed by atoms with van der Waals surface area (Å²) in [5, 5.41) is 14.0. The predicted octanol–water partition coefficient (Wildman–Crippen LogP) is 3.34. The summed E-state index contributed by atoms with van der Waals surface area (Å²) >= 11 is 0. The molecule has 2 aromatic rings. The number of hydrogen-bond donors (Lipinski definition) is 3. The Labute approximate surface area is 147 Å². The van der Waals surface area contributed by atoms with E-state index in [9.17, 15) is 9.59 Å². The quantitative estimate of drug-likeness (QED) is 0.608. The highest BCUT2D eigenvalue weighted by atomic mass is 16.4. The number of anilines is 1. The smallest absolute Gasteiger partial charge is 0.319 e. The Bertz CT molecular complexity index is 712. The molecule has 2 rings (SSSR count). The number of carboxylic acids is 1. The number of carbonyl (C=O) groups is 2. The number of carboxylic acid groups (broad SMARTS) is 1. The van der Waals surface area contributed by atoms with Gasteiger partial charge in [-0.3, -0.25) is 4.79 Å². The maximum absolute atomic E-state index is 11.9. The van der Waals surface area contributed by atoms with Crippen LogP contribution in [0.2, 0.25) is 0 Å². The highest BCUT2D eigenvalue weighted by Crippen LogP contribution is 2.21. The molecule has 0 fully saturated rings. The average molecular weight is 344 g/mol. The summed E-state index contributed by atoms with van der Waals surface area (Å²) in [5.74, 6) is 0.00690. The number of aliphatic carboxylic acids is 1. The Hall–Kier alpha value is -2.83. The molecule has 1 aromatic heterocycles. The Morgan fingerprint density at radius 2 is 2.12 bits per heavy atom. The van der Waals surface area contributed by atoms with Crippen molar-refractivity contribution in [3.8, 4) is 11.4 Å². The Morgan fingerprint density at radius 3 is 2.88 bits per heavy atom. The van der Waals surface area contributed by atoms with Gasteiger partial charge in [-0.1, -0.05) is 25.5 Å². The molecule has 0 aliphatic heterocycles. The number of carbonyl (C=O) groups excluding carboxylic acids is 1. The lowest BCUT2D eigenvalue weighted by atomic mass is 10.2. The van der Waals surface area contributed by atoms with E-state index >= 15 is 0 Å². The van der Waals surface area contributed by atoms with Gasteiger partial charge in [0.05, 0.1) is 0 Å². The standard InChI is InChI=1S/C18H24N4O3/c1-2-3-11-22-12-10-19-17(22)14-6-4-7-15(13-14)21-18(25)20-9-5-8-16(23)24/h4,6-7,10,12-13H,2-3,5,8-9,11H2,1H3,(H,23,24)(H2,20,21,25). The lowest BCUT2D eigenvalue weighted by Crippen LogP contribution is -2.29. The summed E-state index contributed by atoms with van der Waals surface area (Å²) in [6, 6.07) is 7.16. The molecule has 134 valence electrons. The first-order valence-electron chi connectivity index (χ1n) is 8.48. The highest BCUT2D eigenvalue weighted by Gasteiger charge is 2.08. The van der Waals surface area contributed by atoms with Crippen molar-refractivity contribution in [1.29, 1.82) is 0 Å². The molecule has 0 spiro atoms. The molecule has 3 N–H and O–H groups in total. The summed E-state index contributed by atoms with van der Waals surface area (Å²) in [6.07, 6.45) is 6.37. The number of imidazole rings is 1. The third-order valence-electron chi connectivity index (χ3n) is 3.70. The minimum Gasteiger partial charge on any atom is -0.481 e. The van der Waals surface area contributed by atoms with Crippen molar-refractivity contribution in [2.75, 3.05) is 11.9 Å². The molecule has 25 heavy (non-hydrogen) atoms. The van der Waals surface area contributed by atoms with Crippen LogP contribution in [-0.4, -0.2) is 33.2 Å². The fourth-order valence-electron chi connectivity index (χ4n) is 2.43. The first-order valence-corrected chi connectivity index (χ1v) is 8.48. The zero-order valence-corrected chi connectivity index (χ0v) is 14.4. The number of unbranched alkanes of at least 4 members (excludes halogenated alkanes) is 1. The number of urea groups is 1. The lowest BCUT2D eigenvalue weighted by Gasteiger charge is -2.10.